The maximum Gasteiger partial charge on any atom is 0.251 e. The summed E-state index contributed by atoms with van der Waals surface area (Å²) in [5.41, 5.74) is 3.26. The quantitative estimate of drug-likeness (QED) is 0.560. The second kappa shape index (κ2) is 9.35. The average Bonchev–Trinajstić information content (AvgIpc) is 3.25. The molecule has 2 aliphatic rings. The first-order valence-electron chi connectivity index (χ1n) is 10.4. The summed E-state index contributed by atoms with van der Waals surface area (Å²) in [6.07, 6.45) is 3.08. The molecule has 0 spiro atoms. The summed E-state index contributed by atoms with van der Waals surface area (Å²) in [4.78, 5) is 19.0. The van der Waals surface area contributed by atoms with Gasteiger partial charge in [0.05, 0.1) is 6.10 Å². The lowest BCUT2D eigenvalue weighted by Gasteiger charge is -2.30. The highest BCUT2D eigenvalue weighted by molar-refractivity contribution is 5.94. The Labute approximate surface area is 171 Å². The van der Waals surface area contributed by atoms with Crippen molar-refractivity contribution in [3.05, 3.63) is 59.3 Å². The number of aromatic nitrogens is 1. The van der Waals surface area contributed by atoms with Gasteiger partial charge in [-0.15, -0.1) is 0 Å². The van der Waals surface area contributed by atoms with Crippen LogP contribution in [-0.4, -0.2) is 65.8 Å². The van der Waals surface area contributed by atoms with E-state index in [0.29, 0.717) is 24.0 Å². The lowest BCUT2D eigenvalue weighted by atomic mass is 10.00. The standard InChI is InChI=1S/C22H29N5O2/c28-20(15-27-10-7-16-3-1-2-4-18(16)14-27)13-25-22(29)17-5-9-24-21(11-17)26-19-6-8-23-12-19/h1-5,9,11,19-20,23,28H,6-8,10,12-15H2,(H,24,26)(H,25,29)/t19?,20-/m0/s1. The van der Waals surface area contributed by atoms with Crippen molar-refractivity contribution in [2.75, 3.05) is 38.0 Å². The second-order valence-corrected chi connectivity index (χ2v) is 7.88. The molecule has 7 heteroatoms. The van der Waals surface area contributed by atoms with E-state index in [-0.39, 0.29) is 12.5 Å². The number of anilines is 1. The van der Waals surface area contributed by atoms with Gasteiger partial charge < -0.3 is 21.1 Å². The molecular weight excluding hydrogens is 366 g/mol. The fraction of sp³-hybridized carbons (Fsp3) is 0.455. The molecule has 1 unspecified atom stereocenters. The van der Waals surface area contributed by atoms with E-state index in [1.165, 1.54) is 11.1 Å². The Morgan fingerprint density at radius 2 is 2.17 bits per heavy atom. The normalized spacial score (nSPS) is 20.1. The molecule has 1 saturated heterocycles. The fourth-order valence-electron chi connectivity index (χ4n) is 4.02. The van der Waals surface area contributed by atoms with Crippen LogP contribution >= 0.6 is 0 Å². The number of nitrogens with one attached hydrogen (secondary N) is 3. The minimum Gasteiger partial charge on any atom is -0.390 e. The largest absolute Gasteiger partial charge is 0.390 e. The van der Waals surface area contributed by atoms with Gasteiger partial charge in [0.15, 0.2) is 0 Å². The number of carbonyl (C=O) groups excluding carboxylic acids is 1. The maximum absolute atomic E-state index is 12.5. The Balaban J connectivity index is 1.25. The number of benzene rings is 1. The topological polar surface area (TPSA) is 89.5 Å². The Bertz CT molecular complexity index is 837. The third-order valence-corrected chi connectivity index (χ3v) is 5.61. The number of amides is 1. The van der Waals surface area contributed by atoms with Crippen molar-refractivity contribution in [1.29, 1.82) is 0 Å². The van der Waals surface area contributed by atoms with Gasteiger partial charge in [-0.1, -0.05) is 24.3 Å². The molecule has 154 valence electrons. The van der Waals surface area contributed by atoms with E-state index in [1.807, 2.05) is 0 Å². The van der Waals surface area contributed by atoms with Crippen LogP contribution in [0.3, 0.4) is 0 Å². The number of pyridine rings is 1. The van der Waals surface area contributed by atoms with E-state index in [9.17, 15) is 9.90 Å². The van der Waals surface area contributed by atoms with Crippen molar-refractivity contribution in [2.24, 2.45) is 0 Å². The Morgan fingerprint density at radius 3 is 3.00 bits per heavy atom. The van der Waals surface area contributed by atoms with E-state index < -0.39 is 6.10 Å². The smallest absolute Gasteiger partial charge is 0.251 e. The SMILES string of the molecule is O=C(NC[C@H](O)CN1CCc2ccccc2C1)c1ccnc(NC2CCNC2)c1. The lowest BCUT2D eigenvalue weighted by molar-refractivity contribution is 0.0842. The van der Waals surface area contributed by atoms with Crippen molar-refractivity contribution >= 4 is 11.7 Å². The minimum absolute atomic E-state index is 0.192. The van der Waals surface area contributed by atoms with Gasteiger partial charge in [-0.3, -0.25) is 9.69 Å². The zero-order chi connectivity index (χ0) is 20.1. The highest BCUT2D eigenvalue weighted by atomic mass is 16.3. The predicted molar refractivity (Wildman–Crippen MR) is 113 cm³/mol. The Morgan fingerprint density at radius 1 is 1.31 bits per heavy atom. The summed E-state index contributed by atoms with van der Waals surface area (Å²) in [7, 11) is 0. The molecule has 0 bridgehead atoms. The number of aliphatic hydroxyl groups is 1. The number of hydrogen-bond acceptors (Lipinski definition) is 6. The summed E-state index contributed by atoms with van der Waals surface area (Å²) >= 11 is 0. The molecule has 1 fully saturated rings. The van der Waals surface area contributed by atoms with Gasteiger partial charge in [-0.25, -0.2) is 4.98 Å². The van der Waals surface area contributed by atoms with E-state index in [1.54, 1.807) is 18.3 Å². The zero-order valence-electron chi connectivity index (χ0n) is 16.6. The molecule has 2 atom stereocenters. The molecule has 0 saturated carbocycles. The number of hydrogen-bond donors (Lipinski definition) is 4. The molecule has 0 aliphatic carbocycles. The highest BCUT2D eigenvalue weighted by Gasteiger charge is 2.19. The minimum atomic E-state index is -0.604. The molecule has 1 aromatic heterocycles. The third kappa shape index (κ3) is 5.32. The van der Waals surface area contributed by atoms with E-state index in [0.717, 1.165) is 39.0 Å². The van der Waals surface area contributed by atoms with Crippen LogP contribution < -0.4 is 16.0 Å². The number of carbonyl (C=O) groups is 1. The number of β-amino-alcohol motifs (C(OH)–C–C–N with tert-alkyl or cyclic N) is 1. The van der Waals surface area contributed by atoms with Crippen molar-refractivity contribution in [2.45, 2.75) is 31.5 Å². The van der Waals surface area contributed by atoms with Gasteiger partial charge >= 0.3 is 0 Å². The Kier molecular flexibility index (Phi) is 6.39. The van der Waals surface area contributed by atoms with Crippen molar-refractivity contribution < 1.29 is 9.90 Å². The molecule has 1 aromatic carbocycles. The number of fused-ring (bicyclic) bond motifs is 1. The first-order valence-corrected chi connectivity index (χ1v) is 10.4. The van der Waals surface area contributed by atoms with Gasteiger partial charge in [0.2, 0.25) is 0 Å². The number of rotatable bonds is 7. The van der Waals surface area contributed by atoms with Crippen LogP contribution in [0.4, 0.5) is 5.82 Å². The van der Waals surface area contributed by atoms with Gasteiger partial charge in [0, 0.05) is 50.5 Å². The monoisotopic (exact) mass is 395 g/mol. The zero-order valence-corrected chi connectivity index (χ0v) is 16.6. The molecule has 1 amide bonds. The van der Waals surface area contributed by atoms with E-state index >= 15 is 0 Å². The Hall–Kier alpha value is -2.48. The van der Waals surface area contributed by atoms with Crippen LogP contribution in [-0.2, 0) is 13.0 Å². The number of aliphatic hydroxyl groups excluding tert-OH is 1. The third-order valence-electron chi connectivity index (χ3n) is 5.61. The molecule has 0 radical (unpaired) electrons. The fourth-order valence-corrected chi connectivity index (χ4v) is 4.02. The highest BCUT2D eigenvalue weighted by Crippen LogP contribution is 2.18. The van der Waals surface area contributed by atoms with Crippen LogP contribution in [0.1, 0.15) is 27.9 Å². The molecule has 2 aliphatic heterocycles. The van der Waals surface area contributed by atoms with Crippen molar-refractivity contribution in [1.82, 2.24) is 20.5 Å². The van der Waals surface area contributed by atoms with Crippen molar-refractivity contribution in [3.63, 3.8) is 0 Å². The molecule has 7 nitrogen and oxygen atoms in total. The molecule has 3 heterocycles. The summed E-state index contributed by atoms with van der Waals surface area (Å²) < 4.78 is 0. The molecule has 29 heavy (non-hydrogen) atoms. The summed E-state index contributed by atoms with van der Waals surface area (Å²) in [6, 6.07) is 12.3. The number of nitrogens with zero attached hydrogens (tertiary/aromatic N) is 2. The average molecular weight is 396 g/mol. The van der Waals surface area contributed by atoms with Crippen LogP contribution in [0, 0.1) is 0 Å². The lowest BCUT2D eigenvalue weighted by Crippen LogP contribution is -2.42. The van der Waals surface area contributed by atoms with Gasteiger partial charge in [0.1, 0.15) is 5.82 Å². The first kappa shape index (κ1) is 19.8. The van der Waals surface area contributed by atoms with Gasteiger partial charge in [-0.2, -0.15) is 0 Å². The maximum atomic E-state index is 12.5. The van der Waals surface area contributed by atoms with Gasteiger partial charge in [0.25, 0.3) is 5.91 Å². The first-order chi connectivity index (χ1) is 14.2. The van der Waals surface area contributed by atoms with Crippen molar-refractivity contribution in [3.8, 4) is 0 Å². The predicted octanol–water partition coefficient (Wildman–Crippen LogP) is 1.00. The molecular formula is C22H29N5O2. The summed E-state index contributed by atoms with van der Waals surface area (Å²) in [5.74, 6) is 0.516. The van der Waals surface area contributed by atoms with Gasteiger partial charge in [-0.05, 0) is 42.6 Å². The van der Waals surface area contributed by atoms with Crippen LogP contribution in [0.5, 0.6) is 0 Å². The molecule has 4 rings (SSSR count). The molecule has 4 N–H and O–H groups in total. The van der Waals surface area contributed by atoms with Crippen LogP contribution in [0.2, 0.25) is 0 Å². The van der Waals surface area contributed by atoms with Crippen LogP contribution in [0.25, 0.3) is 0 Å². The second-order valence-electron chi connectivity index (χ2n) is 7.88. The molecule has 2 aromatic rings. The van der Waals surface area contributed by atoms with E-state index in [2.05, 4.69) is 50.1 Å². The summed E-state index contributed by atoms with van der Waals surface area (Å²) in [6.45, 7) is 4.46. The van der Waals surface area contributed by atoms with Crippen LogP contribution in [0.15, 0.2) is 42.6 Å². The van der Waals surface area contributed by atoms with E-state index in [4.69, 9.17) is 0 Å². The summed E-state index contributed by atoms with van der Waals surface area (Å²) in [5, 5.41) is 19.9.